The Kier molecular flexibility index (Phi) is 8.63. The van der Waals surface area contributed by atoms with Gasteiger partial charge in [-0.25, -0.2) is 9.59 Å². The van der Waals surface area contributed by atoms with Crippen LogP contribution in [0.2, 0.25) is 0 Å². The summed E-state index contributed by atoms with van der Waals surface area (Å²) in [7, 11) is 0. The molecule has 4 rings (SSSR count). The number of carboxylic acids is 1. The van der Waals surface area contributed by atoms with E-state index in [2.05, 4.69) is 17.4 Å². The smallest absolute Gasteiger partial charge is 0.407 e. The SMILES string of the molecule is CC(C)C(NC(=O)OCC1c2ccccc2-c2ccccc21)C(=O)OCc1ccc(OCCC(=O)O)cc1. The van der Waals surface area contributed by atoms with E-state index in [9.17, 15) is 14.4 Å². The van der Waals surface area contributed by atoms with Crippen molar-refractivity contribution >= 4 is 18.0 Å². The molecule has 0 saturated carbocycles. The fraction of sp³-hybridized carbons (Fsp3) is 0.300. The largest absolute Gasteiger partial charge is 0.493 e. The van der Waals surface area contributed by atoms with E-state index in [1.54, 1.807) is 24.3 Å². The highest BCUT2D eigenvalue weighted by atomic mass is 16.6. The summed E-state index contributed by atoms with van der Waals surface area (Å²) < 4.78 is 16.4. The second-order valence-electron chi connectivity index (χ2n) is 9.44. The number of benzene rings is 3. The molecule has 3 aromatic rings. The monoisotopic (exact) mass is 517 g/mol. The second kappa shape index (κ2) is 12.3. The standard InChI is InChI=1S/C30H31NO7/c1-19(2)28(29(34)37-17-20-11-13-21(14-12-20)36-16-15-27(32)33)31-30(35)38-18-26-24-9-5-3-7-22(24)23-8-4-6-10-25(23)26/h3-14,19,26,28H,15-18H2,1-2H3,(H,31,35)(H,32,33). The van der Waals surface area contributed by atoms with Crippen molar-refractivity contribution in [2.45, 2.75) is 38.8 Å². The van der Waals surface area contributed by atoms with Gasteiger partial charge < -0.3 is 24.6 Å². The lowest BCUT2D eigenvalue weighted by atomic mass is 9.98. The molecule has 38 heavy (non-hydrogen) atoms. The minimum Gasteiger partial charge on any atom is -0.493 e. The summed E-state index contributed by atoms with van der Waals surface area (Å²) in [5.74, 6) is -1.25. The van der Waals surface area contributed by atoms with Gasteiger partial charge in [0.1, 0.15) is 25.0 Å². The maximum absolute atomic E-state index is 12.8. The number of hydrogen-bond donors (Lipinski definition) is 2. The number of ether oxygens (including phenoxy) is 3. The molecule has 3 aromatic carbocycles. The van der Waals surface area contributed by atoms with Crippen LogP contribution in [0.1, 0.15) is 42.9 Å². The van der Waals surface area contributed by atoms with Crippen LogP contribution in [0.4, 0.5) is 4.79 Å². The van der Waals surface area contributed by atoms with E-state index in [0.717, 1.165) is 27.8 Å². The van der Waals surface area contributed by atoms with Crippen LogP contribution in [0, 0.1) is 5.92 Å². The predicted molar refractivity (Wildman–Crippen MR) is 141 cm³/mol. The summed E-state index contributed by atoms with van der Waals surface area (Å²) in [6, 6.07) is 22.1. The number of carboxylic acid groups (broad SMARTS) is 1. The zero-order valence-corrected chi connectivity index (χ0v) is 21.4. The van der Waals surface area contributed by atoms with Gasteiger partial charge >= 0.3 is 18.0 Å². The lowest BCUT2D eigenvalue weighted by molar-refractivity contribution is -0.148. The molecule has 0 fully saturated rings. The van der Waals surface area contributed by atoms with Gasteiger partial charge in [0, 0.05) is 5.92 Å². The van der Waals surface area contributed by atoms with Gasteiger partial charge in [-0.05, 0) is 45.9 Å². The van der Waals surface area contributed by atoms with Crippen LogP contribution in [-0.2, 0) is 25.7 Å². The number of alkyl carbamates (subject to hydrolysis) is 1. The van der Waals surface area contributed by atoms with Gasteiger partial charge in [-0.15, -0.1) is 0 Å². The van der Waals surface area contributed by atoms with Crippen molar-refractivity contribution in [3.63, 3.8) is 0 Å². The van der Waals surface area contributed by atoms with Crippen molar-refractivity contribution in [1.82, 2.24) is 5.32 Å². The third-order valence-corrected chi connectivity index (χ3v) is 6.43. The third-order valence-electron chi connectivity index (χ3n) is 6.43. The first-order valence-corrected chi connectivity index (χ1v) is 12.5. The van der Waals surface area contributed by atoms with E-state index in [-0.39, 0.29) is 38.1 Å². The van der Waals surface area contributed by atoms with Crippen molar-refractivity contribution in [2.24, 2.45) is 5.92 Å². The van der Waals surface area contributed by atoms with E-state index in [0.29, 0.717) is 5.75 Å². The Morgan fingerprint density at radius 2 is 1.47 bits per heavy atom. The van der Waals surface area contributed by atoms with Gasteiger partial charge in [0.25, 0.3) is 0 Å². The quantitative estimate of drug-likeness (QED) is 0.339. The summed E-state index contributed by atoms with van der Waals surface area (Å²) in [4.78, 5) is 36.1. The number of nitrogens with one attached hydrogen (secondary N) is 1. The normalized spacial score (nSPS) is 12.8. The summed E-state index contributed by atoms with van der Waals surface area (Å²) in [5.41, 5.74) is 5.23. The number of rotatable bonds is 11. The fourth-order valence-corrected chi connectivity index (χ4v) is 4.45. The molecular weight excluding hydrogens is 486 g/mol. The first kappa shape index (κ1) is 26.7. The molecule has 0 radical (unpaired) electrons. The molecule has 1 aliphatic rings. The van der Waals surface area contributed by atoms with E-state index < -0.39 is 24.1 Å². The van der Waals surface area contributed by atoms with E-state index >= 15 is 0 Å². The van der Waals surface area contributed by atoms with Crippen molar-refractivity contribution in [3.05, 3.63) is 89.5 Å². The van der Waals surface area contributed by atoms with Gasteiger partial charge in [-0.1, -0.05) is 74.5 Å². The summed E-state index contributed by atoms with van der Waals surface area (Å²) >= 11 is 0. The molecule has 1 amide bonds. The van der Waals surface area contributed by atoms with Gasteiger partial charge in [0.05, 0.1) is 13.0 Å². The molecule has 2 N–H and O–H groups in total. The number of esters is 1. The zero-order chi connectivity index (χ0) is 27.1. The van der Waals surface area contributed by atoms with Crippen molar-refractivity contribution in [3.8, 4) is 16.9 Å². The highest BCUT2D eigenvalue weighted by molar-refractivity contribution is 5.82. The van der Waals surface area contributed by atoms with E-state index in [4.69, 9.17) is 19.3 Å². The minimum absolute atomic E-state index is 0.0177. The highest BCUT2D eigenvalue weighted by Gasteiger charge is 2.30. The molecule has 0 saturated heterocycles. The van der Waals surface area contributed by atoms with Crippen LogP contribution in [0.25, 0.3) is 11.1 Å². The van der Waals surface area contributed by atoms with E-state index in [1.165, 1.54) is 0 Å². The Labute approximate surface area is 221 Å². The number of fused-ring (bicyclic) bond motifs is 3. The first-order chi connectivity index (χ1) is 18.3. The lowest BCUT2D eigenvalue weighted by Gasteiger charge is -2.21. The van der Waals surface area contributed by atoms with Crippen LogP contribution in [-0.4, -0.2) is 42.4 Å². The number of amides is 1. The summed E-state index contributed by atoms with van der Waals surface area (Å²) in [5, 5.41) is 11.3. The number of carbonyl (C=O) groups is 3. The number of aliphatic carboxylic acids is 1. The van der Waals surface area contributed by atoms with Crippen molar-refractivity contribution in [2.75, 3.05) is 13.2 Å². The highest BCUT2D eigenvalue weighted by Crippen LogP contribution is 2.44. The van der Waals surface area contributed by atoms with Gasteiger partial charge in [-0.2, -0.15) is 0 Å². The van der Waals surface area contributed by atoms with Crippen LogP contribution >= 0.6 is 0 Å². The number of carbonyl (C=O) groups excluding carboxylic acids is 2. The predicted octanol–water partition coefficient (Wildman–Crippen LogP) is 5.15. The summed E-state index contributed by atoms with van der Waals surface area (Å²) in [6.45, 7) is 3.88. The zero-order valence-electron chi connectivity index (χ0n) is 21.4. The molecule has 8 heteroatoms. The molecule has 1 atom stereocenters. The Balaban J connectivity index is 1.29. The molecule has 1 aliphatic carbocycles. The Morgan fingerprint density at radius 1 is 0.868 bits per heavy atom. The van der Waals surface area contributed by atoms with Gasteiger partial charge in [-0.3, -0.25) is 4.79 Å². The third kappa shape index (κ3) is 6.51. The van der Waals surface area contributed by atoms with Crippen molar-refractivity contribution < 1.29 is 33.7 Å². The average Bonchev–Trinajstić information content (AvgIpc) is 3.23. The Hall–Kier alpha value is -4.33. The van der Waals surface area contributed by atoms with Gasteiger partial charge in [0.2, 0.25) is 0 Å². The van der Waals surface area contributed by atoms with Crippen LogP contribution in [0.15, 0.2) is 72.8 Å². The summed E-state index contributed by atoms with van der Waals surface area (Å²) in [6.07, 6.45) is -0.766. The maximum atomic E-state index is 12.8. The second-order valence-corrected chi connectivity index (χ2v) is 9.44. The Bertz CT molecular complexity index is 1240. The lowest BCUT2D eigenvalue weighted by Crippen LogP contribution is -2.45. The average molecular weight is 518 g/mol. The maximum Gasteiger partial charge on any atom is 0.407 e. The molecule has 198 valence electrons. The molecule has 0 aliphatic heterocycles. The Morgan fingerprint density at radius 3 is 2.05 bits per heavy atom. The van der Waals surface area contributed by atoms with Crippen molar-refractivity contribution in [1.29, 1.82) is 0 Å². The molecule has 0 spiro atoms. The molecule has 0 aromatic heterocycles. The van der Waals surface area contributed by atoms with Gasteiger partial charge in [0.15, 0.2) is 0 Å². The molecule has 1 unspecified atom stereocenters. The topological polar surface area (TPSA) is 111 Å². The fourth-order valence-electron chi connectivity index (χ4n) is 4.45. The molecular formula is C30H31NO7. The van der Waals surface area contributed by atoms with Crippen LogP contribution in [0.3, 0.4) is 0 Å². The minimum atomic E-state index is -0.931. The van der Waals surface area contributed by atoms with E-state index in [1.807, 2.05) is 50.2 Å². The molecule has 0 heterocycles. The number of hydrogen-bond acceptors (Lipinski definition) is 6. The molecule has 8 nitrogen and oxygen atoms in total. The van der Waals surface area contributed by atoms with Crippen LogP contribution in [0.5, 0.6) is 5.75 Å². The first-order valence-electron chi connectivity index (χ1n) is 12.5. The molecule has 0 bridgehead atoms. The van der Waals surface area contributed by atoms with Crippen LogP contribution < -0.4 is 10.1 Å².